The summed E-state index contributed by atoms with van der Waals surface area (Å²) in [5, 5.41) is 2.87. The monoisotopic (exact) mass is 307 g/mol. The lowest BCUT2D eigenvalue weighted by atomic mass is 10.0. The topological polar surface area (TPSA) is 73.9 Å². The van der Waals surface area contributed by atoms with E-state index in [9.17, 15) is 9.59 Å². The molecule has 1 aliphatic heterocycles. The Hall–Kier alpha value is -2.08. The summed E-state index contributed by atoms with van der Waals surface area (Å²) >= 11 is 0. The Labute approximate surface area is 129 Å². The molecule has 0 spiro atoms. The van der Waals surface area contributed by atoms with E-state index in [0.29, 0.717) is 18.8 Å². The zero-order valence-corrected chi connectivity index (χ0v) is 12.8. The van der Waals surface area contributed by atoms with Crippen molar-refractivity contribution in [3.05, 3.63) is 29.8 Å². The summed E-state index contributed by atoms with van der Waals surface area (Å²) in [5.41, 5.74) is 0.817. The van der Waals surface area contributed by atoms with E-state index < -0.39 is 12.1 Å². The Morgan fingerprint density at radius 3 is 2.59 bits per heavy atom. The quantitative estimate of drug-likeness (QED) is 0.808. The first-order chi connectivity index (χ1) is 10.6. The fraction of sp³-hybridized carbons (Fsp3) is 0.500. The predicted molar refractivity (Wildman–Crippen MR) is 79.5 cm³/mol. The molecule has 1 heterocycles. The smallest absolute Gasteiger partial charge is 0.307 e. The zero-order valence-electron chi connectivity index (χ0n) is 12.8. The van der Waals surface area contributed by atoms with Gasteiger partial charge in [-0.15, -0.1) is 0 Å². The van der Waals surface area contributed by atoms with E-state index >= 15 is 0 Å². The summed E-state index contributed by atoms with van der Waals surface area (Å²) in [4.78, 5) is 23.8. The highest BCUT2D eigenvalue weighted by Crippen LogP contribution is 2.22. The molecule has 0 saturated carbocycles. The van der Waals surface area contributed by atoms with Crippen molar-refractivity contribution in [1.82, 2.24) is 5.32 Å². The van der Waals surface area contributed by atoms with E-state index in [2.05, 4.69) is 5.32 Å². The highest BCUT2D eigenvalue weighted by Gasteiger charge is 2.27. The van der Waals surface area contributed by atoms with Gasteiger partial charge in [0.05, 0.1) is 26.7 Å². The van der Waals surface area contributed by atoms with Gasteiger partial charge in [-0.3, -0.25) is 9.59 Å². The molecular weight excluding hydrogens is 286 g/mol. The van der Waals surface area contributed by atoms with Crippen molar-refractivity contribution in [3.8, 4) is 5.75 Å². The van der Waals surface area contributed by atoms with Gasteiger partial charge < -0.3 is 19.5 Å². The number of nitrogens with one attached hydrogen (secondary N) is 1. The van der Waals surface area contributed by atoms with Crippen molar-refractivity contribution in [3.63, 3.8) is 0 Å². The first kappa shape index (κ1) is 16.3. The van der Waals surface area contributed by atoms with Crippen LogP contribution in [0, 0.1) is 0 Å². The van der Waals surface area contributed by atoms with Crippen molar-refractivity contribution >= 4 is 11.9 Å². The number of hydrogen-bond acceptors (Lipinski definition) is 5. The van der Waals surface area contributed by atoms with Crippen LogP contribution < -0.4 is 10.1 Å². The third kappa shape index (κ3) is 4.21. The molecule has 0 radical (unpaired) electrons. The molecule has 22 heavy (non-hydrogen) atoms. The fourth-order valence-electron chi connectivity index (χ4n) is 2.39. The number of rotatable bonds is 6. The van der Waals surface area contributed by atoms with Gasteiger partial charge in [-0.25, -0.2) is 0 Å². The maximum absolute atomic E-state index is 12.2. The van der Waals surface area contributed by atoms with Gasteiger partial charge in [0.25, 0.3) is 0 Å². The Kier molecular flexibility index (Phi) is 5.77. The van der Waals surface area contributed by atoms with Crippen LogP contribution in [0.2, 0.25) is 0 Å². The van der Waals surface area contributed by atoms with Gasteiger partial charge in [0.1, 0.15) is 11.9 Å². The van der Waals surface area contributed by atoms with E-state index in [4.69, 9.17) is 14.2 Å². The van der Waals surface area contributed by atoms with Crippen LogP contribution in [0.1, 0.15) is 30.9 Å². The Morgan fingerprint density at radius 1 is 1.32 bits per heavy atom. The number of amides is 1. The number of methoxy groups -OCH3 is 2. The standard InChI is InChI=1S/C16H21NO5/c1-20-12-7-5-11(6-8-12)13(10-15(18)21-2)17-16(19)14-4-3-9-22-14/h5-8,13-14H,3-4,9-10H2,1-2H3,(H,17,19)/t13-,14+/m1/s1. The predicted octanol–water partition coefficient (Wildman–Crippen LogP) is 1.59. The van der Waals surface area contributed by atoms with E-state index in [1.807, 2.05) is 12.1 Å². The molecule has 1 N–H and O–H groups in total. The van der Waals surface area contributed by atoms with Crippen molar-refractivity contribution in [1.29, 1.82) is 0 Å². The molecule has 1 fully saturated rings. The largest absolute Gasteiger partial charge is 0.497 e. The van der Waals surface area contributed by atoms with E-state index in [1.165, 1.54) is 7.11 Å². The second kappa shape index (κ2) is 7.79. The minimum absolute atomic E-state index is 0.0707. The lowest BCUT2D eigenvalue weighted by Crippen LogP contribution is -2.37. The van der Waals surface area contributed by atoms with Crippen molar-refractivity contribution in [2.75, 3.05) is 20.8 Å². The van der Waals surface area contributed by atoms with Gasteiger partial charge in [-0.1, -0.05) is 12.1 Å². The first-order valence-electron chi connectivity index (χ1n) is 7.26. The van der Waals surface area contributed by atoms with Crippen LogP contribution in [0.4, 0.5) is 0 Å². The van der Waals surface area contributed by atoms with Crippen molar-refractivity contribution in [2.45, 2.75) is 31.4 Å². The maximum Gasteiger partial charge on any atom is 0.307 e. The van der Waals surface area contributed by atoms with Crippen LogP contribution in [-0.4, -0.2) is 38.8 Å². The second-order valence-electron chi connectivity index (χ2n) is 5.12. The lowest BCUT2D eigenvalue weighted by molar-refractivity contribution is -0.141. The third-order valence-corrected chi connectivity index (χ3v) is 3.66. The summed E-state index contributed by atoms with van der Waals surface area (Å²) < 4.78 is 15.2. The summed E-state index contributed by atoms with van der Waals surface area (Å²) in [6, 6.07) is 6.77. The second-order valence-corrected chi connectivity index (χ2v) is 5.12. The van der Waals surface area contributed by atoms with Gasteiger partial charge in [-0.05, 0) is 30.5 Å². The molecule has 2 atom stereocenters. The average molecular weight is 307 g/mol. The molecule has 1 amide bonds. The van der Waals surface area contributed by atoms with E-state index in [1.54, 1.807) is 19.2 Å². The zero-order chi connectivity index (χ0) is 15.9. The van der Waals surface area contributed by atoms with Crippen LogP contribution in [0.25, 0.3) is 0 Å². The number of esters is 1. The van der Waals surface area contributed by atoms with Crippen LogP contribution in [0.5, 0.6) is 5.75 Å². The Morgan fingerprint density at radius 2 is 2.05 bits per heavy atom. The van der Waals surface area contributed by atoms with E-state index in [-0.39, 0.29) is 18.3 Å². The molecule has 0 bridgehead atoms. The molecule has 0 aliphatic carbocycles. The summed E-state index contributed by atoms with van der Waals surface area (Å²) in [6.45, 7) is 0.599. The molecule has 1 aliphatic rings. The molecule has 0 unspecified atom stereocenters. The highest BCUT2D eigenvalue weighted by molar-refractivity contribution is 5.82. The highest BCUT2D eigenvalue weighted by atomic mass is 16.5. The van der Waals surface area contributed by atoms with Gasteiger partial charge in [-0.2, -0.15) is 0 Å². The van der Waals surface area contributed by atoms with Crippen LogP contribution in [-0.2, 0) is 19.1 Å². The van der Waals surface area contributed by atoms with Gasteiger partial charge in [0.15, 0.2) is 0 Å². The summed E-state index contributed by atoms with van der Waals surface area (Å²) in [6.07, 6.45) is 1.22. The molecule has 1 aromatic rings. The summed E-state index contributed by atoms with van der Waals surface area (Å²) in [5.74, 6) is 0.140. The van der Waals surface area contributed by atoms with Gasteiger partial charge in [0.2, 0.25) is 5.91 Å². The molecular formula is C16H21NO5. The minimum atomic E-state index is -0.449. The van der Waals surface area contributed by atoms with Gasteiger partial charge >= 0.3 is 5.97 Å². The number of benzene rings is 1. The van der Waals surface area contributed by atoms with Crippen LogP contribution in [0.15, 0.2) is 24.3 Å². The number of carbonyl (C=O) groups is 2. The molecule has 120 valence electrons. The normalized spacial score (nSPS) is 18.5. The lowest BCUT2D eigenvalue weighted by Gasteiger charge is -2.20. The van der Waals surface area contributed by atoms with Crippen LogP contribution >= 0.6 is 0 Å². The van der Waals surface area contributed by atoms with E-state index in [0.717, 1.165) is 12.0 Å². The van der Waals surface area contributed by atoms with Gasteiger partial charge in [0, 0.05) is 6.61 Å². The summed E-state index contributed by atoms with van der Waals surface area (Å²) in [7, 11) is 2.91. The molecule has 0 aromatic heterocycles. The molecule has 6 heteroatoms. The van der Waals surface area contributed by atoms with Crippen LogP contribution in [0.3, 0.4) is 0 Å². The maximum atomic E-state index is 12.2. The molecule has 6 nitrogen and oxygen atoms in total. The number of hydrogen-bond donors (Lipinski definition) is 1. The number of ether oxygens (including phenoxy) is 3. The third-order valence-electron chi connectivity index (χ3n) is 3.66. The average Bonchev–Trinajstić information content (AvgIpc) is 3.08. The SMILES string of the molecule is COC(=O)C[C@@H](NC(=O)[C@@H]1CCCO1)c1ccc(OC)cc1. The molecule has 1 aromatic carbocycles. The number of carbonyl (C=O) groups excluding carboxylic acids is 2. The Bertz CT molecular complexity index is 508. The molecule has 1 saturated heterocycles. The fourth-order valence-corrected chi connectivity index (χ4v) is 2.39. The van der Waals surface area contributed by atoms with Crippen molar-refractivity contribution < 1.29 is 23.8 Å². The first-order valence-corrected chi connectivity index (χ1v) is 7.26. The Balaban J connectivity index is 2.10. The van der Waals surface area contributed by atoms with Crippen molar-refractivity contribution in [2.24, 2.45) is 0 Å². The molecule has 2 rings (SSSR count). The minimum Gasteiger partial charge on any atom is -0.497 e.